The molecule has 0 amide bonds. The lowest BCUT2D eigenvalue weighted by Crippen LogP contribution is -2.45. The van der Waals surface area contributed by atoms with E-state index < -0.39 is 14.3 Å². The Hall–Kier alpha value is -0.473. The van der Waals surface area contributed by atoms with Crippen LogP contribution in [0, 0.1) is 17.8 Å². The van der Waals surface area contributed by atoms with E-state index in [9.17, 15) is 9.90 Å². The number of hydrogen-bond donors (Lipinski definition) is 2. The average Bonchev–Trinajstić information content (AvgIpc) is 3.47. The van der Waals surface area contributed by atoms with Crippen LogP contribution in [0.25, 0.3) is 0 Å². The minimum absolute atomic E-state index is 0.0437. The van der Waals surface area contributed by atoms with Crippen LogP contribution in [-0.4, -0.2) is 55.7 Å². The van der Waals surface area contributed by atoms with Gasteiger partial charge in [0, 0.05) is 25.6 Å². The van der Waals surface area contributed by atoms with Gasteiger partial charge in [-0.15, -0.1) is 0 Å². The molecule has 3 fully saturated rings. The van der Waals surface area contributed by atoms with Crippen LogP contribution in [0.15, 0.2) is 0 Å². The molecule has 1 saturated heterocycles. The maximum Gasteiger partial charge on any atom is 0.303 e. The summed E-state index contributed by atoms with van der Waals surface area (Å²) in [5.41, 5.74) is 0. The molecule has 0 aromatic heterocycles. The van der Waals surface area contributed by atoms with E-state index in [0.29, 0.717) is 24.4 Å². The lowest BCUT2D eigenvalue weighted by molar-refractivity contribution is -0.196. The molecule has 222 valence electrons. The van der Waals surface area contributed by atoms with Gasteiger partial charge in [-0.25, -0.2) is 0 Å². The van der Waals surface area contributed by atoms with Gasteiger partial charge in [0.2, 0.25) is 0 Å². The summed E-state index contributed by atoms with van der Waals surface area (Å²) in [6.07, 6.45) is 16.1. The Kier molecular flexibility index (Phi) is 12.6. The molecule has 6 nitrogen and oxygen atoms in total. The average molecular weight is 555 g/mol. The normalized spacial score (nSPS) is 30.1. The van der Waals surface area contributed by atoms with Crippen LogP contribution >= 0.6 is 0 Å². The number of carboxylic acids is 1. The summed E-state index contributed by atoms with van der Waals surface area (Å²) in [6, 6.07) is 0. The first-order valence-corrected chi connectivity index (χ1v) is 18.7. The number of aliphatic carboxylic acids is 1. The van der Waals surface area contributed by atoms with E-state index in [-0.39, 0.29) is 35.9 Å². The van der Waals surface area contributed by atoms with Crippen LogP contribution in [0.1, 0.15) is 124 Å². The van der Waals surface area contributed by atoms with Gasteiger partial charge in [-0.1, -0.05) is 52.9 Å². The van der Waals surface area contributed by atoms with Gasteiger partial charge in [-0.05, 0) is 93.7 Å². The lowest BCUT2D eigenvalue weighted by Gasteiger charge is -2.41. The Morgan fingerprint density at radius 3 is 2.29 bits per heavy atom. The van der Waals surface area contributed by atoms with E-state index in [1.807, 2.05) is 0 Å². The van der Waals surface area contributed by atoms with Crippen molar-refractivity contribution in [2.24, 2.45) is 17.8 Å². The van der Waals surface area contributed by atoms with Gasteiger partial charge >= 0.3 is 5.97 Å². The molecule has 7 heteroatoms. The Bertz CT molecular complexity index is 695. The third-order valence-corrected chi connectivity index (χ3v) is 14.6. The van der Waals surface area contributed by atoms with Crippen LogP contribution in [0.4, 0.5) is 0 Å². The number of aliphatic hydroxyl groups excluding tert-OH is 1. The molecule has 6 atom stereocenters. The number of aliphatic hydroxyl groups is 1. The Morgan fingerprint density at radius 1 is 0.974 bits per heavy atom. The summed E-state index contributed by atoms with van der Waals surface area (Å²) in [4.78, 5) is 10.8. The molecule has 0 aromatic carbocycles. The van der Waals surface area contributed by atoms with Crippen molar-refractivity contribution in [3.63, 3.8) is 0 Å². The fourth-order valence-electron chi connectivity index (χ4n) is 6.77. The van der Waals surface area contributed by atoms with Gasteiger partial charge in [0.15, 0.2) is 14.6 Å². The first kappa shape index (κ1) is 32.0. The third-order valence-electron chi connectivity index (χ3n) is 10.1. The molecule has 0 spiro atoms. The molecule has 2 N–H and O–H groups in total. The summed E-state index contributed by atoms with van der Waals surface area (Å²) < 4.78 is 19.6. The molecule has 1 aliphatic heterocycles. The molecule has 2 unspecified atom stereocenters. The Labute approximate surface area is 233 Å². The predicted molar refractivity (Wildman–Crippen MR) is 155 cm³/mol. The van der Waals surface area contributed by atoms with Gasteiger partial charge in [0.25, 0.3) is 0 Å². The van der Waals surface area contributed by atoms with Crippen LogP contribution in [-0.2, 0) is 18.7 Å². The monoisotopic (exact) mass is 554 g/mol. The second-order valence-corrected chi connectivity index (χ2v) is 18.7. The van der Waals surface area contributed by atoms with Crippen molar-refractivity contribution in [1.29, 1.82) is 0 Å². The van der Waals surface area contributed by atoms with Crippen LogP contribution in [0.3, 0.4) is 0 Å². The maximum atomic E-state index is 11.2. The molecular formula is C31H58O6Si. The van der Waals surface area contributed by atoms with Gasteiger partial charge < -0.3 is 24.1 Å². The molecule has 3 aliphatic rings. The van der Waals surface area contributed by atoms with Crippen LogP contribution in [0.2, 0.25) is 18.1 Å². The SMILES string of the molecule is CC(C)(C)[Si](C)(C)O[C@@H](CC[C@H]1C(OC2CCCCO2)C[C@H](O)[C@@H]1CCCCCCC(=O)O)C1CCCC1. The van der Waals surface area contributed by atoms with Crippen molar-refractivity contribution < 1.29 is 28.9 Å². The second-order valence-electron chi connectivity index (χ2n) is 14.0. The van der Waals surface area contributed by atoms with Crippen molar-refractivity contribution in [3.8, 4) is 0 Å². The fraction of sp³-hybridized carbons (Fsp3) is 0.968. The molecule has 0 bridgehead atoms. The summed E-state index contributed by atoms with van der Waals surface area (Å²) in [7, 11) is -1.88. The third kappa shape index (κ3) is 9.57. The van der Waals surface area contributed by atoms with E-state index >= 15 is 0 Å². The van der Waals surface area contributed by atoms with Crippen LogP contribution in [0.5, 0.6) is 0 Å². The standard InChI is InChI=1S/C31H58O6Si/c1-31(2,3)38(4,5)37-27(23-14-10-11-15-23)20-19-25-24(16-8-6-7-9-17-29(33)34)26(32)22-28(25)36-30-18-12-13-21-35-30/h23-28,30,32H,6-22H2,1-5H3,(H,33,34)/t24-,25-,26+,27+,28?,30?/m1/s1. The predicted octanol–water partition coefficient (Wildman–Crippen LogP) is 7.68. The van der Waals surface area contributed by atoms with Gasteiger partial charge in [0.05, 0.1) is 12.2 Å². The molecule has 38 heavy (non-hydrogen) atoms. The number of carbonyl (C=O) groups is 1. The molecule has 3 rings (SSSR count). The van der Waals surface area contributed by atoms with Gasteiger partial charge in [-0.2, -0.15) is 0 Å². The van der Waals surface area contributed by atoms with Gasteiger partial charge in [0.1, 0.15) is 0 Å². The van der Waals surface area contributed by atoms with Crippen molar-refractivity contribution >= 4 is 14.3 Å². The zero-order valence-corrected chi connectivity index (χ0v) is 26.1. The molecule has 0 radical (unpaired) electrons. The van der Waals surface area contributed by atoms with E-state index in [4.69, 9.17) is 19.0 Å². The topological polar surface area (TPSA) is 85.2 Å². The van der Waals surface area contributed by atoms with Crippen molar-refractivity contribution in [3.05, 3.63) is 0 Å². The number of hydrogen-bond acceptors (Lipinski definition) is 5. The highest BCUT2D eigenvalue weighted by Crippen LogP contribution is 2.45. The molecule has 2 saturated carbocycles. The van der Waals surface area contributed by atoms with Crippen molar-refractivity contribution in [2.75, 3.05) is 6.61 Å². The zero-order chi connectivity index (χ0) is 27.8. The van der Waals surface area contributed by atoms with E-state index in [0.717, 1.165) is 70.8 Å². The quantitative estimate of drug-likeness (QED) is 0.159. The Balaban J connectivity index is 1.66. The molecule has 2 aliphatic carbocycles. The zero-order valence-electron chi connectivity index (χ0n) is 25.1. The van der Waals surface area contributed by atoms with Crippen LogP contribution < -0.4 is 0 Å². The number of carboxylic acid groups (broad SMARTS) is 1. The number of rotatable bonds is 15. The summed E-state index contributed by atoms with van der Waals surface area (Å²) in [5, 5.41) is 20.3. The smallest absolute Gasteiger partial charge is 0.303 e. The van der Waals surface area contributed by atoms with E-state index in [1.165, 1.54) is 25.7 Å². The van der Waals surface area contributed by atoms with E-state index in [2.05, 4.69) is 33.9 Å². The molecule has 1 heterocycles. The number of unbranched alkanes of at least 4 members (excludes halogenated alkanes) is 3. The first-order valence-electron chi connectivity index (χ1n) is 15.8. The number of ether oxygens (including phenoxy) is 2. The molecular weight excluding hydrogens is 496 g/mol. The minimum Gasteiger partial charge on any atom is -0.481 e. The van der Waals surface area contributed by atoms with Crippen molar-refractivity contribution in [1.82, 2.24) is 0 Å². The highest BCUT2D eigenvalue weighted by molar-refractivity contribution is 6.74. The highest BCUT2D eigenvalue weighted by atomic mass is 28.4. The maximum absolute atomic E-state index is 11.2. The summed E-state index contributed by atoms with van der Waals surface area (Å²) in [6.45, 7) is 12.5. The Morgan fingerprint density at radius 2 is 1.66 bits per heavy atom. The lowest BCUT2D eigenvalue weighted by atomic mass is 9.83. The van der Waals surface area contributed by atoms with Crippen molar-refractivity contribution in [2.45, 2.75) is 166 Å². The van der Waals surface area contributed by atoms with Gasteiger partial charge in [-0.3, -0.25) is 4.79 Å². The molecule has 0 aromatic rings. The van der Waals surface area contributed by atoms with E-state index in [1.54, 1.807) is 0 Å². The fourth-order valence-corrected chi connectivity index (χ4v) is 8.19. The first-order chi connectivity index (χ1) is 18.0. The largest absolute Gasteiger partial charge is 0.481 e. The highest BCUT2D eigenvalue weighted by Gasteiger charge is 2.45. The summed E-state index contributed by atoms with van der Waals surface area (Å²) >= 11 is 0. The second kappa shape index (κ2) is 15.0. The summed E-state index contributed by atoms with van der Waals surface area (Å²) in [5.74, 6) is 0.503. The minimum atomic E-state index is -1.88.